The van der Waals surface area contributed by atoms with Crippen LogP contribution in [-0.2, 0) is 0 Å². The first kappa shape index (κ1) is 16.0. The van der Waals surface area contributed by atoms with Crippen molar-refractivity contribution in [3.63, 3.8) is 0 Å². The van der Waals surface area contributed by atoms with Crippen LogP contribution in [0.25, 0.3) is 0 Å². The van der Waals surface area contributed by atoms with Crippen LogP contribution in [0, 0.1) is 5.92 Å². The summed E-state index contributed by atoms with van der Waals surface area (Å²) < 4.78 is 0. The van der Waals surface area contributed by atoms with E-state index in [2.05, 4.69) is 20.8 Å². The van der Waals surface area contributed by atoms with Crippen molar-refractivity contribution >= 4 is 0 Å². The van der Waals surface area contributed by atoms with Crippen LogP contribution in [0.15, 0.2) is 0 Å². The maximum absolute atomic E-state index is 2.33. The lowest BCUT2D eigenvalue weighted by atomic mass is 9.93. The van der Waals surface area contributed by atoms with Gasteiger partial charge in [0.1, 0.15) is 0 Å². The Morgan fingerprint density at radius 2 is 1.06 bits per heavy atom. The molecule has 0 bridgehead atoms. The maximum atomic E-state index is 2.33. The van der Waals surface area contributed by atoms with Crippen LogP contribution in [0.4, 0.5) is 0 Å². The first-order valence-corrected chi connectivity index (χ1v) is 7.68. The number of hydrogen-bond donors (Lipinski definition) is 0. The third-order valence-electron chi connectivity index (χ3n) is 3.52. The molecule has 0 atom stereocenters. The summed E-state index contributed by atoms with van der Waals surface area (Å²) in [5, 5.41) is 0. The lowest BCUT2D eigenvalue weighted by Gasteiger charge is -2.13. The molecule has 0 aromatic carbocycles. The van der Waals surface area contributed by atoms with E-state index >= 15 is 0 Å². The van der Waals surface area contributed by atoms with Gasteiger partial charge in [-0.25, -0.2) is 0 Å². The Labute approximate surface area is 104 Å². The van der Waals surface area contributed by atoms with E-state index in [0.29, 0.717) is 0 Å². The molecule has 0 aliphatic carbocycles. The van der Waals surface area contributed by atoms with E-state index < -0.39 is 0 Å². The maximum Gasteiger partial charge on any atom is -0.0244 e. The Hall–Kier alpha value is 0. The Kier molecular flexibility index (Phi) is 13.1. The standard InChI is InChI=1S/C16H33/c1-4-7-9-10-11-12-13-15-16(6-3)14-8-5-2/h4-15H2,1-3H3. The first-order valence-electron chi connectivity index (χ1n) is 7.68. The van der Waals surface area contributed by atoms with Gasteiger partial charge in [-0.05, 0) is 25.2 Å². The van der Waals surface area contributed by atoms with E-state index in [1.165, 1.54) is 77.0 Å². The van der Waals surface area contributed by atoms with Gasteiger partial charge in [0.2, 0.25) is 0 Å². The molecule has 0 unspecified atom stereocenters. The van der Waals surface area contributed by atoms with Crippen molar-refractivity contribution in [2.24, 2.45) is 0 Å². The monoisotopic (exact) mass is 225 g/mol. The Bertz CT molecular complexity index is 117. The second kappa shape index (κ2) is 13.1. The molecule has 0 spiro atoms. The molecule has 0 aromatic heterocycles. The zero-order chi connectivity index (χ0) is 12.1. The summed E-state index contributed by atoms with van der Waals surface area (Å²) >= 11 is 0. The molecule has 0 nitrogen and oxygen atoms in total. The average Bonchev–Trinajstić information content (AvgIpc) is 2.32. The fourth-order valence-electron chi connectivity index (χ4n) is 2.24. The van der Waals surface area contributed by atoms with Crippen LogP contribution in [0.2, 0.25) is 0 Å². The minimum Gasteiger partial charge on any atom is -0.0654 e. The largest absolute Gasteiger partial charge is 0.0654 e. The molecule has 0 N–H and O–H groups in total. The quantitative estimate of drug-likeness (QED) is 0.342. The fourth-order valence-corrected chi connectivity index (χ4v) is 2.24. The third kappa shape index (κ3) is 10.5. The number of rotatable bonds is 12. The van der Waals surface area contributed by atoms with Crippen LogP contribution in [0.1, 0.15) is 97.8 Å². The van der Waals surface area contributed by atoms with Crippen molar-refractivity contribution in [1.82, 2.24) is 0 Å². The molecule has 0 heteroatoms. The van der Waals surface area contributed by atoms with Gasteiger partial charge in [0.15, 0.2) is 0 Å². The Morgan fingerprint density at radius 3 is 1.62 bits per heavy atom. The summed E-state index contributed by atoms with van der Waals surface area (Å²) in [5.41, 5.74) is 0. The van der Waals surface area contributed by atoms with E-state index in [1.807, 2.05) is 5.92 Å². The molecular formula is C16H33. The van der Waals surface area contributed by atoms with Crippen molar-refractivity contribution in [2.45, 2.75) is 97.8 Å². The zero-order valence-electron chi connectivity index (χ0n) is 12.0. The molecule has 0 fully saturated rings. The van der Waals surface area contributed by atoms with Crippen LogP contribution in [0.3, 0.4) is 0 Å². The van der Waals surface area contributed by atoms with Gasteiger partial charge >= 0.3 is 0 Å². The first-order chi connectivity index (χ1) is 7.85. The molecule has 0 saturated carbocycles. The molecule has 0 aliphatic heterocycles. The summed E-state index contributed by atoms with van der Waals surface area (Å²) in [6.07, 6.45) is 16.9. The van der Waals surface area contributed by atoms with Gasteiger partial charge in [-0.15, -0.1) is 0 Å². The van der Waals surface area contributed by atoms with E-state index in [1.54, 1.807) is 0 Å². The average molecular weight is 225 g/mol. The summed E-state index contributed by atoms with van der Waals surface area (Å²) in [4.78, 5) is 0. The lowest BCUT2D eigenvalue weighted by Crippen LogP contribution is -1.96. The van der Waals surface area contributed by atoms with E-state index in [4.69, 9.17) is 0 Å². The molecule has 0 rings (SSSR count). The van der Waals surface area contributed by atoms with Gasteiger partial charge in [0, 0.05) is 0 Å². The minimum atomic E-state index is 1.32. The van der Waals surface area contributed by atoms with Crippen molar-refractivity contribution in [3.05, 3.63) is 5.92 Å². The summed E-state index contributed by atoms with van der Waals surface area (Å²) in [5.74, 6) is 1.82. The Balaban J connectivity index is 3.20. The third-order valence-corrected chi connectivity index (χ3v) is 3.52. The van der Waals surface area contributed by atoms with Gasteiger partial charge in [-0.2, -0.15) is 0 Å². The van der Waals surface area contributed by atoms with Crippen LogP contribution >= 0.6 is 0 Å². The Morgan fingerprint density at radius 1 is 0.562 bits per heavy atom. The SMILES string of the molecule is CCCCCCCCC[C](CC)CCCC. The molecule has 0 saturated heterocycles. The number of hydrogen-bond acceptors (Lipinski definition) is 0. The predicted molar refractivity (Wildman–Crippen MR) is 75.7 cm³/mol. The smallest absolute Gasteiger partial charge is 0.0244 e. The normalized spacial score (nSPS) is 11.2. The second-order valence-corrected chi connectivity index (χ2v) is 5.08. The molecule has 0 aromatic rings. The van der Waals surface area contributed by atoms with E-state index in [9.17, 15) is 0 Å². The van der Waals surface area contributed by atoms with Gasteiger partial charge in [0.05, 0.1) is 0 Å². The zero-order valence-corrected chi connectivity index (χ0v) is 12.0. The second-order valence-electron chi connectivity index (χ2n) is 5.08. The predicted octanol–water partition coefficient (Wildman–Crippen LogP) is 6.30. The van der Waals surface area contributed by atoms with E-state index in [0.717, 1.165) is 0 Å². The highest BCUT2D eigenvalue weighted by Crippen LogP contribution is 2.22. The molecule has 1 radical (unpaired) electrons. The lowest BCUT2D eigenvalue weighted by molar-refractivity contribution is 0.552. The highest BCUT2D eigenvalue weighted by atomic mass is 14.1. The van der Waals surface area contributed by atoms with Crippen LogP contribution < -0.4 is 0 Å². The topological polar surface area (TPSA) is 0 Å². The van der Waals surface area contributed by atoms with Crippen molar-refractivity contribution in [1.29, 1.82) is 0 Å². The molecular weight excluding hydrogens is 192 g/mol. The highest BCUT2D eigenvalue weighted by Gasteiger charge is 2.05. The van der Waals surface area contributed by atoms with Gasteiger partial charge in [0.25, 0.3) is 0 Å². The van der Waals surface area contributed by atoms with Crippen molar-refractivity contribution < 1.29 is 0 Å². The molecule has 0 aliphatic rings. The molecule has 0 heterocycles. The van der Waals surface area contributed by atoms with E-state index in [-0.39, 0.29) is 0 Å². The molecule has 16 heavy (non-hydrogen) atoms. The van der Waals surface area contributed by atoms with Gasteiger partial charge in [-0.3, -0.25) is 0 Å². The molecule has 0 amide bonds. The van der Waals surface area contributed by atoms with Gasteiger partial charge < -0.3 is 0 Å². The summed E-state index contributed by atoms with van der Waals surface area (Å²) in [7, 11) is 0. The summed E-state index contributed by atoms with van der Waals surface area (Å²) in [6.45, 7) is 6.91. The van der Waals surface area contributed by atoms with Gasteiger partial charge in [-0.1, -0.05) is 78.6 Å². The van der Waals surface area contributed by atoms with Crippen LogP contribution in [-0.4, -0.2) is 0 Å². The highest BCUT2D eigenvalue weighted by molar-refractivity contribution is 4.87. The summed E-state index contributed by atoms with van der Waals surface area (Å²) in [6, 6.07) is 0. The fraction of sp³-hybridized carbons (Fsp3) is 0.938. The molecule has 97 valence electrons. The number of unbranched alkanes of at least 4 members (excludes halogenated alkanes) is 7. The van der Waals surface area contributed by atoms with Crippen LogP contribution in [0.5, 0.6) is 0 Å². The minimum absolute atomic E-state index is 1.32. The van der Waals surface area contributed by atoms with Crippen molar-refractivity contribution in [3.8, 4) is 0 Å². The van der Waals surface area contributed by atoms with Crippen molar-refractivity contribution in [2.75, 3.05) is 0 Å².